The predicted octanol–water partition coefficient (Wildman–Crippen LogP) is 4.07. The molecule has 0 bridgehead atoms. The van der Waals surface area contributed by atoms with Crippen molar-refractivity contribution in [2.45, 2.75) is 45.3 Å². The van der Waals surface area contributed by atoms with Crippen molar-refractivity contribution in [1.82, 2.24) is 0 Å². The summed E-state index contributed by atoms with van der Waals surface area (Å²) in [4.78, 5) is 0. The lowest BCUT2D eigenvalue weighted by atomic mass is 9.84. The van der Waals surface area contributed by atoms with Crippen LogP contribution in [-0.2, 0) is 0 Å². The molecule has 2 nitrogen and oxygen atoms in total. The molecule has 0 amide bonds. The maximum atomic E-state index is 10.2. The number of aliphatic hydroxyl groups excluding tert-OH is 1. The van der Waals surface area contributed by atoms with Crippen LogP contribution in [0.25, 0.3) is 0 Å². The van der Waals surface area contributed by atoms with E-state index >= 15 is 0 Å². The third-order valence-electron chi connectivity index (χ3n) is 3.16. The first-order valence-electron chi connectivity index (χ1n) is 6.06. The van der Waals surface area contributed by atoms with Gasteiger partial charge in [-0.1, -0.05) is 35.8 Å². The molecule has 0 spiro atoms. The van der Waals surface area contributed by atoms with Crippen LogP contribution in [0.5, 0.6) is 5.75 Å². The number of hydrogen-bond acceptors (Lipinski definition) is 2. The number of aliphatic hydroxyl groups is 1. The molecule has 94 valence electrons. The van der Waals surface area contributed by atoms with E-state index in [1.54, 1.807) is 0 Å². The highest BCUT2D eigenvalue weighted by atomic mass is 79.9. The van der Waals surface area contributed by atoms with Gasteiger partial charge in [0.05, 0.1) is 6.10 Å². The Morgan fingerprint density at radius 3 is 2.88 bits per heavy atom. The molecule has 17 heavy (non-hydrogen) atoms. The van der Waals surface area contributed by atoms with Crippen molar-refractivity contribution in [3.8, 4) is 5.75 Å². The van der Waals surface area contributed by atoms with Gasteiger partial charge in [0.2, 0.25) is 0 Å². The Balaban J connectivity index is 2.31. The Kier molecular flexibility index (Phi) is 3.50. The summed E-state index contributed by atoms with van der Waals surface area (Å²) >= 11 is 3.44. The Bertz CT molecular complexity index is 417. The van der Waals surface area contributed by atoms with Crippen LogP contribution in [0, 0.1) is 5.92 Å². The van der Waals surface area contributed by atoms with E-state index in [1.807, 2.05) is 18.2 Å². The smallest absolute Gasteiger partial charge is 0.127 e. The minimum atomic E-state index is -0.421. The summed E-state index contributed by atoms with van der Waals surface area (Å²) in [6.07, 6.45) is 1.20. The third kappa shape index (κ3) is 2.83. The van der Waals surface area contributed by atoms with Crippen molar-refractivity contribution >= 4 is 15.9 Å². The largest absolute Gasteiger partial charge is 0.487 e. The first-order chi connectivity index (χ1) is 7.89. The summed E-state index contributed by atoms with van der Waals surface area (Å²) < 4.78 is 7.08. The van der Waals surface area contributed by atoms with Gasteiger partial charge in [-0.05, 0) is 31.4 Å². The van der Waals surface area contributed by atoms with Crippen molar-refractivity contribution in [3.63, 3.8) is 0 Å². The van der Waals surface area contributed by atoms with E-state index in [4.69, 9.17) is 4.74 Å². The second kappa shape index (κ2) is 4.62. The molecule has 1 aromatic carbocycles. The van der Waals surface area contributed by atoms with Gasteiger partial charge in [0.1, 0.15) is 11.4 Å². The fourth-order valence-corrected chi connectivity index (χ4v) is 3.03. The van der Waals surface area contributed by atoms with Gasteiger partial charge >= 0.3 is 0 Å². The van der Waals surface area contributed by atoms with Crippen molar-refractivity contribution in [3.05, 3.63) is 28.2 Å². The molecule has 1 aliphatic heterocycles. The highest BCUT2D eigenvalue weighted by Gasteiger charge is 2.36. The standard InChI is InChI=1S/C14H19BrO2/c1-9(2)7-14(3)8-12(16)11-5-4-10(15)6-13(11)17-14/h4-6,9,12,16H,7-8H2,1-3H3/t12-,14?/m0/s1. The molecule has 0 saturated heterocycles. The quantitative estimate of drug-likeness (QED) is 0.892. The van der Waals surface area contributed by atoms with E-state index < -0.39 is 6.10 Å². The number of fused-ring (bicyclic) bond motifs is 1. The molecule has 1 aromatic rings. The second-order valence-electron chi connectivity index (χ2n) is 5.55. The zero-order valence-corrected chi connectivity index (χ0v) is 12.1. The lowest BCUT2D eigenvalue weighted by Crippen LogP contribution is -2.39. The van der Waals surface area contributed by atoms with Crippen LogP contribution in [0.2, 0.25) is 0 Å². The summed E-state index contributed by atoms with van der Waals surface area (Å²) in [6, 6.07) is 5.81. The number of halogens is 1. The molecular formula is C14H19BrO2. The summed E-state index contributed by atoms with van der Waals surface area (Å²) in [5.74, 6) is 1.36. The fourth-order valence-electron chi connectivity index (χ4n) is 2.69. The molecule has 1 N–H and O–H groups in total. The highest BCUT2D eigenvalue weighted by Crippen LogP contribution is 2.42. The molecule has 1 unspecified atom stereocenters. The molecule has 2 atom stereocenters. The molecule has 1 aliphatic rings. The van der Waals surface area contributed by atoms with E-state index in [9.17, 15) is 5.11 Å². The zero-order valence-electron chi connectivity index (χ0n) is 10.5. The zero-order chi connectivity index (χ0) is 12.6. The topological polar surface area (TPSA) is 29.5 Å². The number of benzene rings is 1. The lowest BCUT2D eigenvalue weighted by molar-refractivity contribution is -0.0144. The first kappa shape index (κ1) is 12.9. The van der Waals surface area contributed by atoms with E-state index in [0.717, 1.165) is 22.2 Å². The van der Waals surface area contributed by atoms with Gasteiger partial charge in [-0.15, -0.1) is 0 Å². The summed E-state index contributed by atoms with van der Waals surface area (Å²) in [5, 5.41) is 10.2. The van der Waals surface area contributed by atoms with Crippen molar-refractivity contribution in [1.29, 1.82) is 0 Å². The number of hydrogen-bond donors (Lipinski definition) is 1. The predicted molar refractivity (Wildman–Crippen MR) is 72.2 cm³/mol. The van der Waals surface area contributed by atoms with Crippen molar-refractivity contribution < 1.29 is 9.84 Å². The van der Waals surface area contributed by atoms with Gasteiger partial charge in [-0.25, -0.2) is 0 Å². The Labute approximate surface area is 111 Å². The molecule has 2 rings (SSSR count). The molecule has 0 aliphatic carbocycles. The van der Waals surface area contributed by atoms with Crippen LogP contribution in [0.15, 0.2) is 22.7 Å². The Hall–Kier alpha value is -0.540. The van der Waals surface area contributed by atoms with Gasteiger partial charge in [-0.2, -0.15) is 0 Å². The van der Waals surface area contributed by atoms with Crippen LogP contribution in [0.1, 0.15) is 45.3 Å². The van der Waals surface area contributed by atoms with Crippen LogP contribution >= 0.6 is 15.9 Å². The van der Waals surface area contributed by atoms with E-state index in [2.05, 4.69) is 36.7 Å². The van der Waals surface area contributed by atoms with Gasteiger partial charge in [0, 0.05) is 16.5 Å². The van der Waals surface area contributed by atoms with E-state index in [1.165, 1.54) is 0 Å². The number of ether oxygens (including phenoxy) is 1. The van der Waals surface area contributed by atoms with Crippen molar-refractivity contribution in [2.75, 3.05) is 0 Å². The van der Waals surface area contributed by atoms with Crippen LogP contribution in [0.4, 0.5) is 0 Å². The SMILES string of the molecule is CC(C)CC1(C)C[C@H](O)c2ccc(Br)cc2O1. The second-order valence-corrected chi connectivity index (χ2v) is 6.47. The van der Waals surface area contributed by atoms with Crippen LogP contribution in [0.3, 0.4) is 0 Å². The molecule has 0 aromatic heterocycles. The lowest BCUT2D eigenvalue weighted by Gasteiger charge is -2.39. The van der Waals surface area contributed by atoms with Gasteiger partial charge in [0.25, 0.3) is 0 Å². The maximum absolute atomic E-state index is 10.2. The van der Waals surface area contributed by atoms with E-state index in [0.29, 0.717) is 12.3 Å². The molecule has 0 radical (unpaired) electrons. The normalized spacial score (nSPS) is 27.8. The summed E-state index contributed by atoms with van der Waals surface area (Å²) in [7, 11) is 0. The van der Waals surface area contributed by atoms with Crippen LogP contribution in [-0.4, -0.2) is 10.7 Å². The third-order valence-corrected chi connectivity index (χ3v) is 3.65. The molecule has 1 heterocycles. The summed E-state index contributed by atoms with van der Waals surface area (Å²) in [6.45, 7) is 6.44. The molecule has 0 fully saturated rings. The summed E-state index contributed by atoms with van der Waals surface area (Å²) in [5.41, 5.74) is 0.635. The average molecular weight is 299 g/mol. The van der Waals surface area contributed by atoms with Gasteiger partial charge in [-0.3, -0.25) is 0 Å². The monoisotopic (exact) mass is 298 g/mol. The van der Waals surface area contributed by atoms with Crippen molar-refractivity contribution in [2.24, 2.45) is 5.92 Å². The van der Waals surface area contributed by atoms with Gasteiger partial charge < -0.3 is 9.84 Å². The van der Waals surface area contributed by atoms with E-state index in [-0.39, 0.29) is 5.60 Å². The minimum absolute atomic E-state index is 0.263. The Morgan fingerprint density at radius 2 is 2.24 bits per heavy atom. The maximum Gasteiger partial charge on any atom is 0.127 e. The van der Waals surface area contributed by atoms with Gasteiger partial charge in [0.15, 0.2) is 0 Å². The molecule has 3 heteroatoms. The highest BCUT2D eigenvalue weighted by molar-refractivity contribution is 9.10. The molecule has 0 saturated carbocycles. The molecular weight excluding hydrogens is 280 g/mol. The van der Waals surface area contributed by atoms with Crippen LogP contribution < -0.4 is 4.74 Å². The Morgan fingerprint density at radius 1 is 1.53 bits per heavy atom. The number of rotatable bonds is 2. The average Bonchev–Trinajstić information content (AvgIpc) is 2.13. The first-order valence-corrected chi connectivity index (χ1v) is 6.85. The fraction of sp³-hybridized carbons (Fsp3) is 0.571. The minimum Gasteiger partial charge on any atom is -0.487 e.